The van der Waals surface area contributed by atoms with Crippen LogP contribution in [0.3, 0.4) is 0 Å². The van der Waals surface area contributed by atoms with Gasteiger partial charge in [-0.2, -0.15) is 0 Å². The van der Waals surface area contributed by atoms with Crippen molar-refractivity contribution < 1.29 is 0 Å². The second kappa shape index (κ2) is 5.74. The number of nitrogens with zero attached hydrogens (tertiary/aromatic N) is 1. The summed E-state index contributed by atoms with van der Waals surface area (Å²) in [4.78, 5) is 4.02. The van der Waals surface area contributed by atoms with E-state index in [-0.39, 0.29) is 0 Å². The fourth-order valence-electron chi connectivity index (χ4n) is 0.832. The molecule has 0 aromatic carbocycles. The van der Waals surface area contributed by atoms with Crippen molar-refractivity contribution >= 4 is 15.9 Å². The number of nitrogens with one attached hydrogen (secondary N) is 1. The van der Waals surface area contributed by atoms with Crippen LogP contribution in [0.5, 0.6) is 0 Å². The molecule has 2 nitrogen and oxygen atoms in total. The van der Waals surface area contributed by atoms with Crippen molar-refractivity contribution in [2.75, 3.05) is 13.6 Å². The highest BCUT2D eigenvalue weighted by molar-refractivity contribution is 9.10. The Morgan fingerprint density at radius 1 is 1.62 bits per heavy atom. The van der Waals surface area contributed by atoms with Gasteiger partial charge in [0.2, 0.25) is 0 Å². The second-order valence-corrected chi connectivity index (χ2v) is 3.34. The van der Waals surface area contributed by atoms with Gasteiger partial charge in [0, 0.05) is 24.7 Å². The van der Waals surface area contributed by atoms with Gasteiger partial charge in [0.05, 0.1) is 0 Å². The summed E-state index contributed by atoms with van der Waals surface area (Å²) in [5.41, 5.74) is 0.998. The zero-order chi connectivity index (χ0) is 9.52. The summed E-state index contributed by atoms with van der Waals surface area (Å²) in [7, 11) is 1.92. The van der Waals surface area contributed by atoms with Gasteiger partial charge in [-0.05, 0) is 35.1 Å². The third-order valence-corrected chi connectivity index (χ3v) is 1.89. The van der Waals surface area contributed by atoms with Crippen molar-refractivity contribution in [3.05, 3.63) is 28.5 Å². The van der Waals surface area contributed by atoms with E-state index in [4.69, 9.17) is 0 Å². The molecule has 0 aliphatic carbocycles. The molecule has 0 aliphatic heterocycles. The van der Waals surface area contributed by atoms with Crippen molar-refractivity contribution in [3.8, 4) is 11.8 Å². The fourth-order valence-corrected chi connectivity index (χ4v) is 1.20. The predicted molar refractivity (Wildman–Crippen MR) is 57.4 cm³/mol. The van der Waals surface area contributed by atoms with Crippen LogP contribution in [-0.2, 0) is 0 Å². The number of halogens is 1. The van der Waals surface area contributed by atoms with E-state index in [1.165, 1.54) is 0 Å². The van der Waals surface area contributed by atoms with E-state index < -0.39 is 0 Å². The fraction of sp³-hybridized carbons (Fsp3) is 0.300. The van der Waals surface area contributed by atoms with Gasteiger partial charge in [-0.15, -0.1) is 0 Å². The Morgan fingerprint density at radius 2 is 2.46 bits per heavy atom. The maximum absolute atomic E-state index is 4.02. The molecule has 1 N–H and O–H groups in total. The Kier molecular flexibility index (Phi) is 4.52. The molecule has 0 fully saturated rings. The van der Waals surface area contributed by atoms with Gasteiger partial charge in [0.25, 0.3) is 0 Å². The second-order valence-electron chi connectivity index (χ2n) is 2.52. The molecule has 0 bridgehead atoms. The van der Waals surface area contributed by atoms with E-state index in [0.29, 0.717) is 0 Å². The van der Waals surface area contributed by atoms with E-state index >= 15 is 0 Å². The molecule has 0 atom stereocenters. The van der Waals surface area contributed by atoms with Crippen LogP contribution in [0, 0.1) is 11.8 Å². The lowest BCUT2D eigenvalue weighted by Gasteiger charge is -1.90. The van der Waals surface area contributed by atoms with E-state index in [1.807, 2.05) is 19.2 Å². The summed E-state index contributed by atoms with van der Waals surface area (Å²) in [6, 6.07) is 3.81. The number of hydrogen-bond acceptors (Lipinski definition) is 2. The summed E-state index contributed by atoms with van der Waals surface area (Å²) >= 11 is 3.29. The topological polar surface area (TPSA) is 24.9 Å². The highest BCUT2D eigenvalue weighted by atomic mass is 79.9. The Labute approximate surface area is 86.9 Å². The van der Waals surface area contributed by atoms with E-state index in [9.17, 15) is 0 Å². The molecular formula is C10H11BrN2. The van der Waals surface area contributed by atoms with Crippen LogP contribution >= 0.6 is 15.9 Å². The largest absolute Gasteiger partial charge is 0.319 e. The SMILES string of the molecule is CNCCC#Cc1ccnc(Br)c1. The highest BCUT2D eigenvalue weighted by Crippen LogP contribution is 2.06. The summed E-state index contributed by atoms with van der Waals surface area (Å²) in [5.74, 6) is 6.13. The van der Waals surface area contributed by atoms with Crippen LogP contribution in [0.4, 0.5) is 0 Å². The van der Waals surface area contributed by atoms with Gasteiger partial charge in [0.1, 0.15) is 4.60 Å². The zero-order valence-electron chi connectivity index (χ0n) is 7.47. The van der Waals surface area contributed by atoms with Crippen LogP contribution in [0.15, 0.2) is 22.9 Å². The lowest BCUT2D eigenvalue weighted by Crippen LogP contribution is -2.05. The lowest BCUT2D eigenvalue weighted by atomic mass is 10.2. The molecule has 1 aromatic heterocycles. The monoisotopic (exact) mass is 238 g/mol. The molecule has 0 saturated carbocycles. The lowest BCUT2D eigenvalue weighted by molar-refractivity contribution is 0.818. The smallest absolute Gasteiger partial charge is 0.107 e. The van der Waals surface area contributed by atoms with Crippen molar-refractivity contribution in [2.45, 2.75) is 6.42 Å². The van der Waals surface area contributed by atoms with Crippen molar-refractivity contribution in [3.63, 3.8) is 0 Å². The van der Waals surface area contributed by atoms with Gasteiger partial charge < -0.3 is 5.32 Å². The zero-order valence-corrected chi connectivity index (χ0v) is 9.06. The van der Waals surface area contributed by atoms with Crippen LogP contribution in [0.25, 0.3) is 0 Å². The maximum Gasteiger partial charge on any atom is 0.107 e. The molecule has 1 rings (SSSR count). The minimum atomic E-state index is 0.827. The quantitative estimate of drug-likeness (QED) is 0.483. The standard InChI is InChI=1S/C10H11BrN2/c1-12-6-3-2-4-9-5-7-13-10(11)8-9/h5,7-8,12H,3,6H2,1H3. The van der Waals surface area contributed by atoms with Crippen molar-refractivity contribution in [1.82, 2.24) is 10.3 Å². The summed E-state index contributed by atoms with van der Waals surface area (Å²) < 4.78 is 0.827. The number of hydrogen-bond donors (Lipinski definition) is 1. The third kappa shape index (κ3) is 4.07. The predicted octanol–water partition coefficient (Wildman–Crippen LogP) is 1.81. The first-order valence-electron chi connectivity index (χ1n) is 4.08. The van der Waals surface area contributed by atoms with Crippen LogP contribution in [0.2, 0.25) is 0 Å². The Hall–Kier alpha value is -0.850. The average Bonchev–Trinajstić information content (AvgIpc) is 2.13. The Morgan fingerprint density at radius 3 is 3.15 bits per heavy atom. The molecule has 13 heavy (non-hydrogen) atoms. The summed E-state index contributed by atoms with van der Waals surface area (Å²) in [6.45, 7) is 0.930. The molecule has 0 spiro atoms. The molecule has 1 aromatic rings. The summed E-state index contributed by atoms with van der Waals surface area (Å²) in [5, 5.41) is 3.04. The van der Waals surface area contributed by atoms with E-state index in [2.05, 4.69) is 38.1 Å². The highest BCUT2D eigenvalue weighted by Gasteiger charge is 1.88. The molecule has 0 unspecified atom stereocenters. The normalized spacial score (nSPS) is 9.08. The first-order chi connectivity index (χ1) is 6.33. The van der Waals surface area contributed by atoms with Crippen LogP contribution in [0.1, 0.15) is 12.0 Å². The van der Waals surface area contributed by atoms with E-state index in [0.717, 1.165) is 23.1 Å². The number of aromatic nitrogens is 1. The van der Waals surface area contributed by atoms with Gasteiger partial charge in [-0.3, -0.25) is 0 Å². The summed E-state index contributed by atoms with van der Waals surface area (Å²) in [6.07, 6.45) is 2.61. The molecular weight excluding hydrogens is 228 g/mol. The minimum absolute atomic E-state index is 0.827. The van der Waals surface area contributed by atoms with Crippen molar-refractivity contribution in [2.24, 2.45) is 0 Å². The third-order valence-electron chi connectivity index (χ3n) is 1.46. The molecule has 0 saturated heterocycles. The van der Waals surface area contributed by atoms with Crippen molar-refractivity contribution in [1.29, 1.82) is 0 Å². The van der Waals surface area contributed by atoms with E-state index in [1.54, 1.807) is 6.20 Å². The minimum Gasteiger partial charge on any atom is -0.319 e. The first kappa shape index (κ1) is 10.2. The molecule has 0 aliphatic rings. The molecule has 0 amide bonds. The first-order valence-corrected chi connectivity index (χ1v) is 4.87. The van der Waals surface area contributed by atoms with Gasteiger partial charge in [-0.25, -0.2) is 4.98 Å². The maximum atomic E-state index is 4.02. The molecule has 0 radical (unpaired) electrons. The van der Waals surface area contributed by atoms with Gasteiger partial charge >= 0.3 is 0 Å². The Bertz CT molecular complexity index is 325. The van der Waals surface area contributed by atoms with Gasteiger partial charge in [-0.1, -0.05) is 11.8 Å². The van der Waals surface area contributed by atoms with Gasteiger partial charge in [0.15, 0.2) is 0 Å². The average molecular weight is 239 g/mol. The molecule has 1 heterocycles. The number of rotatable bonds is 2. The van der Waals surface area contributed by atoms with Crippen LogP contribution in [-0.4, -0.2) is 18.6 Å². The molecule has 3 heteroatoms. The molecule has 68 valence electrons. The van der Waals surface area contributed by atoms with Crippen LogP contribution < -0.4 is 5.32 Å². The Balaban J connectivity index is 2.56. The number of pyridine rings is 1.